The first kappa shape index (κ1) is 24.3. The highest BCUT2D eigenvalue weighted by atomic mass is 16.7. The molecule has 0 radical (unpaired) electrons. The number of unbranched alkanes of at least 4 members (excludes halogenated alkanes) is 3. The Morgan fingerprint density at radius 1 is 0.968 bits per heavy atom. The highest BCUT2D eigenvalue weighted by molar-refractivity contribution is 5.94. The predicted molar refractivity (Wildman–Crippen MR) is 121 cm³/mol. The van der Waals surface area contributed by atoms with E-state index >= 15 is 0 Å². The van der Waals surface area contributed by atoms with Gasteiger partial charge in [0.1, 0.15) is 6.04 Å². The molecule has 0 saturated heterocycles. The maximum absolute atomic E-state index is 13.2. The molecule has 1 unspecified atom stereocenters. The van der Waals surface area contributed by atoms with Crippen molar-refractivity contribution in [2.24, 2.45) is 0 Å². The molecule has 2 amide bonds. The van der Waals surface area contributed by atoms with Gasteiger partial charge in [0.15, 0.2) is 0 Å². The zero-order valence-corrected chi connectivity index (χ0v) is 18.6. The molecule has 31 heavy (non-hydrogen) atoms. The van der Waals surface area contributed by atoms with Crippen molar-refractivity contribution in [1.29, 1.82) is 0 Å². The number of amides is 2. The third-order valence-corrected chi connectivity index (χ3v) is 4.98. The summed E-state index contributed by atoms with van der Waals surface area (Å²) in [4.78, 5) is 36.4. The second kappa shape index (κ2) is 12.7. The molecule has 0 bridgehead atoms. The largest absolute Gasteiger partial charge is 0.278 e. The van der Waals surface area contributed by atoms with Crippen LogP contribution in [0, 0.1) is 0 Å². The number of benzene rings is 2. The van der Waals surface area contributed by atoms with E-state index in [-0.39, 0.29) is 11.8 Å². The van der Waals surface area contributed by atoms with Crippen molar-refractivity contribution in [2.45, 2.75) is 38.6 Å². The van der Waals surface area contributed by atoms with Crippen molar-refractivity contribution < 1.29 is 19.3 Å². The van der Waals surface area contributed by atoms with Crippen molar-refractivity contribution in [1.82, 2.24) is 10.1 Å². The third kappa shape index (κ3) is 6.77. The Balaban J connectivity index is 2.25. The number of carbonyl (C=O) groups excluding carboxylic acids is 2. The number of nitrogens with zero attached hydrogens (tertiary/aromatic N) is 2. The molecule has 6 nitrogen and oxygen atoms in total. The molecule has 0 aliphatic rings. The summed E-state index contributed by atoms with van der Waals surface area (Å²) in [5, 5.41) is 2.54. The highest BCUT2D eigenvalue weighted by Crippen LogP contribution is 2.25. The van der Waals surface area contributed by atoms with Gasteiger partial charge in [-0.2, -0.15) is 0 Å². The molecular formula is C25H32N2O4. The second-order valence-corrected chi connectivity index (χ2v) is 7.18. The van der Waals surface area contributed by atoms with E-state index in [4.69, 9.17) is 9.68 Å². The summed E-state index contributed by atoms with van der Waals surface area (Å²) in [6.07, 6.45) is 5.85. The lowest BCUT2D eigenvalue weighted by Gasteiger charge is -2.29. The summed E-state index contributed by atoms with van der Waals surface area (Å²) >= 11 is 0. The van der Waals surface area contributed by atoms with Crippen LogP contribution in [0.2, 0.25) is 0 Å². The standard InChI is InChI=1S/C25H32N2O4/c1-5-7-8-12-19-31-27(25(29)21-13-10-9-11-14-21)23(6-2)20-15-17-22(18-16-20)24(28)26(3)30-4/h6,9-11,13-18,23H,2,5,7-8,12,19H2,1,3-4H3. The highest BCUT2D eigenvalue weighted by Gasteiger charge is 2.26. The Labute approximate surface area is 185 Å². The van der Waals surface area contributed by atoms with Crippen LogP contribution in [0.5, 0.6) is 0 Å². The molecule has 0 N–H and O–H groups in total. The fourth-order valence-corrected chi connectivity index (χ4v) is 3.12. The number of carbonyl (C=O) groups is 2. The minimum Gasteiger partial charge on any atom is -0.274 e. The van der Waals surface area contributed by atoms with Crippen molar-refractivity contribution in [3.8, 4) is 0 Å². The molecule has 166 valence electrons. The van der Waals surface area contributed by atoms with Gasteiger partial charge < -0.3 is 0 Å². The molecule has 6 heteroatoms. The van der Waals surface area contributed by atoms with Gasteiger partial charge >= 0.3 is 0 Å². The second-order valence-electron chi connectivity index (χ2n) is 7.18. The molecule has 0 heterocycles. The van der Waals surface area contributed by atoms with Crippen molar-refractivity contribution in [2.75, 3.05) is 20.8 Å². The van der Waals surface area contributed by atoms with E-state index in [9.17, 15) is 9.59 Å². The van der Waals surface area contributed by atoms with Gasteiger partial charge in [0.2, 0.25) is 0 Å². The fraction of sp³-hybridized carbons (Fsp3) is 0.360. The maximum atomic E-state index is 13.2. The molecule has 0 aliphatic heterocycles. The minimum atomic E-state index is -0.497. The summed E-state index contributed by atoms with van der Waals surface area (Å²) in [5.74, 6) is -0.492. The molecule has 1 atom stereocenters. The van der Waals surface area contributed by atoms with E-state index in [1.165, 1.54) is 12.2 Å². The molecule has 0 fully saturated rings. The number of hydrogen-bond donors (Lipinski definition) is 0. The van der Waals surface area contributed by atoms with Gasteiger partial charge in [0, 0.05) is 18.2 Å². The van der Waals surface area contributed by atoms with Gasteiger partial charge in [-0.3, -0.25) is 19.3 Å². The van der Waals surface area contributed by atoms with Crippen molar-refractivity contribution in [3.63, 3.8) is 0 Å². The maximum Gasteiger partial charge on any atom is 0.278 e. The van der Waals surface area contributed by atoms with Gasteiger partial charge in [-0.25, -0.2) is 10.1 Å². The van der Waals surface area contributed by atoms with Crippen molar-refractivity contribution >= 4 is 11.8 Å². The number of hydroxylamine groups is 4. The minimum absolute atomic E-state index is 0.236. The van der Waals surface area contributed by atoms with Gasteiger partial charge in [0.05, 0.1) is 13.7 Å². The van der Waals surface area contributed by atoms with Gasteiger partial charge in [0.25, 0.3) is 11.8 Å². The Kier molecular flexibility index (Phi) is 9.94. The normalized spacial score (nSPS) is 11.6. The smallest absolute Gasteiger partial charge is 0.274 e. The van der Waals surface area contributed by atoms with Gasteiger partial charge in [-0.05, 0) is 36.2 Å². The van der Waals surface area contributed by atoms with Crippen LogP contribution in [0.3, 0.4) is 0 Å². The summed E-state index contributed by atoms with van der Waals surface area (Å²) in [6.45, 7) is 6.52. The van der Waals surface area contributed by atoms with Crippen LogP contribution < -0.4 is 0 Å². The topological polar surface area (TPSA) is 59.1 Å². The molecule has 0 spiro atoms. The molecular weight excluding hydrogens is 392 g/mol. The van der Waals surface area contributed by atoms with Crippen LogP contribution in [0.25, 0.3) is 0 Å². The van der Waals surface area contributed by atoms with E-state index < -0.39 is 6.04 Å². The summed E-state index contributed by atoms with van der Waals surface area (Å²) in [7, 11) is 2.99. The Morgan fingerprint density at radius 3 is 2.19 bits per heavy atom. The van der Waals surface area contributed by atoms with Gasteiger partial charge in [-0.15, -0.1) is 6.58 Å². The fourth-order valence-electron chi connectivity index (χ4n) is 3.12. The van der Waals surface area contributed by atoms with E-state index in [1.54, 1.807) is 49.5 Å². The zero-order valence-electron chi connectivity index (χ0n) is 18.6. The Bertz CT molecular complexity index is 836. The SMILES string of the molecule is C=CC(c1ccc(C(=O)N(C)OC)cc1)N(OCCCCCC)C(=O)c1ccccc1. The summed E-state index contributed by atoms with van der Waals surface area (Å²) < 4.78 is 0. The van der Waals surface area contributed by atoms with Crippen LogP contribution >= 0.6 is 0 Å². The predicted octanol–water partition coefficient (Wildman–Crippen LogP) is 5.20. The first-order valence-corrected chi connectivity index (χ1v) is 10.6. The van der Waals surface area contributed by atoms with Crippen LogP contribution in [-0.2, 0) is 9.68 Å². The molecule has 2 aromatic carbocycles. The molecule has 2 aromatic rings. The van der Waals surface area contributed by atoms with Crippen LogP contribution in [0.1, 0.15) is 64.9 Å². The third-order valence-electron chi connectivity index (χ3n) is 4.98. The molecule has 2 rings (SSSR count). The Hall–Kier alpha value is -2.96. The quantitative estimate of drug-likeness (QED) is 0.267. The average molecular weight is 425 g/mol. The lowest BCUT2D eigenvalue weighted by Crippen LogP contribution is -2.34. The van der Waals surface area contributed by atoms with E-state index in [2.05, 4.69) is 13.5 Å². The van der Waals surface area contributed by atoms with Crippen LogP contribution in [0.4, 0.5) is 0 Å². The zero-order chi connectivity index (χ0) is 22.6. The Morgan fingerprint density at radius 2 is 1.61 bits per heavy atom. The molecule has 0 saturated carbocycles. The monoisotopic (exact) mass is 424 g/mol. The van der Waals surface area contributed by atoms with E-state index in [1.807, 2.05) is 18.2 Å². The summed E-state index contributed by atoms with van der Waals surface area (Å²) in [5.41, 5.74) is 1.82. The van der Waals surface area contributed by atoms with E-state index in [0.29, 0.717) is 17.7 Å². The average Bonchev–Trinajstić information content (AvgIpc) is 2.82. The summed E-state index contributed by atoms with van der Waals surface area (Å²) in [6, 6.07) is 15.5. The lowest BCUT2D eigenvalue weighted by atomic mass is 10.0. The molecule has 0 aromatic heterocycles. The lowest BCUT2D eigenvalue weighted by molar-refractivity contribution is -0.142. The van der Waals surface area contributed by atoms with E-state index in [0.717, 1.165) is 36.3 Å². The number of hydrogen-bond acceptors (Lipinski definition) is 4. The van der Waals surface area contributed by atoms with Gasteiger partial charge in [-0.1, -0.05) is 62.6 Å². The van der Waals surface area contributed by atoms with Crippen molar-refractivity contribution in [3.05, 3.63) is 83.9 Å². The first-order chi connectivity index (χ1) is 15.0. The van der Waals surface area contributed by atoms with Crippen LogP contribution in [-0.4, -0.2) is 42.7 Å². The first-order valence-electron chi connectivity index (χ1n) is 10.6. The molecule has 0 aliphatic carbocycles. The van der Waals surface area contributed by atoms with Crippen LogP contribution in [0.15, 0.2) is 67.3 Å². The number of rotatable bonds is 12.